The molecule has 0 aromatic carbocycles. The Morgan fingerprint density at radius 1 is 1.31 bits per heavy atom. The molecule has 1 aromatic heterocycles. The Kier molecular flexibility index (Phi) is 3.08. The van der Waals surface area contributed by atoms with Crippen LogP contribution in [-0.4, -0.2) is 4.98 Å². The lowest BCUT2D eigenvalue weighted by Gasteiger charge is -2.04. The molecule has 13 heavy (non-hydrogen) atoms. The average molecular weight is 214 g/mol. The lowest BCUT2D eigenvalue weighted by atomic mass is 10.2. The van der Waals surface area contributed by atoms with Gasteiger partial charge in [0.2, 0.25) is 0 Å². The molecule has 0 aliphatic carbocycles. The summed E-state index contributed by atoms with van der Waals surface area (Å²) in [6.07, 6.45) is -2.49. The van der Waals surface area contributed by atoms with Crippen LogP contribution >= 0.6 is 11.6 Å². The predicted octanol–water partition coefficient (Wildman–Crippen LogP) is 3.04. The second-order valence-corrected chi connectivity index (χ2v) is 2.49. The van der Waals surface area contributed by atoms with E-state index < -0.39 is 23.6 Å². The highest BCUT2D eigenvalue weighted by Gasteiger charge is 2.20. The summed E-state index contributed by atoms with van der Waals surface area (Å²) in [5.41, 5.74) is -1.42. The number of rotatable bonds is 2. The van der Waals surface area contributed by atoms with Crippen LogP contribution in [0.5, 0.6) is 0 Å². The molecule has 0 unspecified atom stereocenters. The molecular weight excluding hydrogens is 210 g/mol. The van der Waals surface area contributed by atoms with Crippen molar-refractivity contribution < 1.29 is 17.6 Å². The van der Waals surface area contributed by atoms with E-state index in [1.165, 1.54) is 0 Å². The molecule has 1 nitrogen and oxygen atoms in total. The Morgan fingerprint density at radius 2 is 1.92 bits per heavy atom. The first-order valence-corrected chi connectivity index (χ1v) is 3.78. The molecule has 1 heterocycles. The summed E-state index contributed by atoms with van der Waals surface area (Å²) in [4.78, 5) is 3.25. The third-order valence-corrected chi connectivity index (χ3v) is 1.67. The first kappa shape index (κ1) is 10.2. The summed E-state index contributed by atoms with van der Waals surface area (Å²) in [6.45, 7) is 0. The molecule has 0 fully saturated rings. The number of halogens is 5. The minimum Gasteiger partial charge on any atom is -0.256 e. The van der Waals surface area contributed by atoms with Gasteiger partial charge >= 0.3 is 0 Å². The molecule has 0 aliphatic rings. The van der Waals surface area contributed by atoms with Crippen LogP contribution in [0.2, 0.25) is 0 Å². The van der Waals surface area contributed by atoms with Crippen LogP contribution in [-0.2, 0) is 5.88 Å². The van der Waals surface area contributed by atoms with E-state index in [1.54, 1.807) is 0 Å². The Hall–Kier alpha value is -0.840. The highest BCUT2D eigenvalue weighted by atomic mass is 35.5. The van der Waals surface area contributed by atoms with Gasteiger partial charge in [0.05, 0.1) is 17.1 Å². The van der Waals surface area contributed by atoms with Gasteiger partial charge in [0.25, 0.3) is 6.43 Å². The molecule has 1 aromatic rings. The van der Waals surface area contributed by atoms with Crippen LogP contribution in [0.15, 0.2) is 6.20 Å². The van der Waals surface area contributed by atoms with Crippen molar-refractivity contribution in [3.63, 3.8) is 0 Å². The normalized spacial score (nSPS) is 10.9. The van der Waals surface area contributed by atoms with Gasteiger partial charge in [-0.25, -0.2) is 17.6 Å². The van der Waals surface area contributed by atoms with Crippen molar-refractivity contribution in [1.82, 2.24) is 4.98 Å². The van der Waals surface area contributed by atoms with Gasteiger partial charge in [0.15, 0.2) is 11.6 Å². The molecule has 6 heteroatoms. The summed E-state index contributed by atoms with van der Waals surface area (Å²) in [5, 5.41) is 0. The van der Waals surface area contributed by atoms with Gasteiger partial charge in [-0.15, -0.1) is 11.6 Å². The maximum Gasteiger partial charge on any atom is 0.268 e. The van der Waals surface area contributed by atoms with Gasteiger partial charge < -0.3 is 0 Å². The minimum atomic E-state index is -3.08. The third-order valence-electron chi connectivity index (χ3n) is 1.42. The predicted molar refractivity (Wildman–Crippen MR) is 38.7 cm³/mol. The zero-order chi connectivity index (χ0) is 10.0. The zero-order valence-electron chi connectivity index (χ0n) is 6.20. The van der Waals surface area contributed by atoms with Crippen molar-refractivity contribution in [3.8, 4) is 0 Å². The number of pyridine rings is 1. The van der Waals surface area contributed by atoms with Crippen LogP contribution in [0.25, 0.3) is 0 Å². The minimum absolute atomic E-state index is 0.355. The molecule has 72 valence electrons. The fourth-order valence-electron chi connectivity index (χ4n) is 0.760. The first-order chi connectivity index (χ1) is 6.07. The topological polar surface area (TPSA) is 12.9 Å². The maximum absolute atomic E-state index is 12.8. The van der Waals surface area contributed by atoms with Gasteiger partial charge in [0, 0.05) is 6.20 Å². The lowest BCUT2D eigenvalue weighted by Crippen LogP contribution is -2.01. The fraction of sp³-hybridized carbons (Fsp3) is 0.286. The van der Waals surface area contributed by atoms with E-state index in [0.29, 0.717) is 6.20 Å². The number of nitrogens with zero attached hydrogens (tertiary/aromatic N) is 1. The van der Waals surface area contributed by atoms with Gasteiger partial charge in [-0.05, 0) is 0 Å². The Labute approximate surface area is 76.3 Å². The monoisotopic (exact) mass is 213 g/mol. The molecule has 0 spiro atoms. The van der Waals surface area contributed by atoms with Gasteiger partial charge in [-0.2, -0.15) is 0 Å². The largest absolute Gasteiger partial charge is 0.268 e. The van der Waals surface area contributed by atoms with Crippen LogP contribution in [0, 0.1) is 11.6 Å². The molecule has 0 saturated heterocycles. The third kappa shape index (κ3) is 1.91. The highest BCUT2D eigenvalue weighted by Crippen LogP contribution is 2.24. The van der Waals surface area contributed by atoms with Crippen molar-refractivity contribution in [2.75, 3.05) is 0 Å². The molecule has 0 bridgehead atoms. The summed E-state index contributed by atoms with van der Waals surface area (Å²) in [7, 11) is 0. The quantitative estimate of drug-likeness (QED) is 0.544. The second kappa shape index (κ2) is 3.91. The van der Waals surface area contributed by atoms with Crippen molar-refractivity contribution in [3.05, 3.63) is 29.1 Å². The molecular formula is C7H4ClF4N. The smallest absolute Gasteiger partial charge is 0.256 e. The van der Waals surface area contributed by atoms with Crippen molar-refractivity contribution in [1.29, 1.82) is 0 Å². The lowest BCUT2D eigenvalue weighted by molar-refractivity contribution is 0.144. The van der Waals surface area contributed by atoms with Crippen LogP contribution < -0.4 is 0 Å². The van der Waals surface area contributed by atoms with E-state index in [0.717, 1.165) is 0 Å². The Balaban J connectivity index is 3.23. The van der Waals surface area contributed by atoms with Crippen LogP contribution in [0.4, 0.5) is 17.6 Å². The molecule has 0 N–H and O–H groups in total. The maximum atomic E-state index is 12.8. The van der Waals surface area contributed by atoms with Crippen LogP contribution in [0.3, 0.4) is 0 Å². The number of hydrogen-bond acceptors (Lipinski definition) is 1. The molecule has 0 saturated carbocycles. The molecule has 0 atom stereocenters. The van der Waals surface area contributed by atoms with Gasteiger partial charge in [0.1, 0.15) is 0 Å². The SMILES string of the molecule is Fc1c(C(F)F)cnc(CCl)c1F. The number of alkyl halides is 3. The van der Waals surface area contributed by atoms with E-state index in [-0.39, 0.29) is 11.6 Å². The fourth-order valence-corrected chi connectivity index (χ4v) is 0.946. The van der Waals surface area contributed by atoms with Crippen molar-refractivity contribution in [2.45, 2.75) is 12.3 Å². The van der Waals surface area contributed by atoms with Gasteiger partial charge in [-0.3, -0.25) is 4.98 Å². The van der Waals surface area contributed by atoms with E-state index in [4.69, 9.17) is 11.6 Å². The molecule has 0 aliphatic heterocycles. The van der Waals surface area contributed by atoms with Crippen LogP contribution in [0.1, 0.15) is 17.7 Å². The Morgan fingerprint density at radius 3 is 2.38 bits per heavy atom. The molecule has 0 radical (unpaired) electrons. The standard InChI is InChI=1S/C7H4ClF4N/c8-1-4-6(10)5(9)3(2-13-4)7(11)12/h2,7H,1H2. The first-order valence-electron chi connectivity index (χ1n) is 3.24. The van der Waals surface area contributed by atoms with E-state index >= 15 is 0 Å². The summed E-state index contributed by atoms with van der Waals surface area (Å²) >= 11 is 5.18. The molecule has 1 rings (SSSR count). The second-order valence-electron chi connectivity index (χ2n) is 2.22. The summed E-state index contributed by atoms with van der Waals surface area (Å²) in [5.74, 6) is -3.35. The van der Waals surface area contributed by atoms with E-state index in [1.807, 2.05) is 0 Å². The van der Waals surface area contributed by atoms with Crippen molar-refractivity contribution in [2.24, 2.45) is 0 Å². The highest BCUT2D eigenvalue weighted by molar-refractivity contribution is 6.16. The summed E-state index contributed by atoms with van der Waals surface area (Å²) < 4.78 is 49.4. The average Bonchev–Trinajstić information content (AvgIpc) is 2.09. The zero-order valence-corrected chi connectivity index (χ0v) is 6.95. The van der Waals surface area contributed by atoms with E-state index in [2.05, 4.69) is 4.98 Å². The van der Waals surface area contributed by atoms with Gasteiger partial charge in [-0.1, -0.05) is 0 Å². The van der Waals surface area contributed by atoms with Crippen molar-refractivity contribution >= 4 is 11.6 Å². The van der Waals surface area contributed by atoms with E-state index in [9.17, 15) is 17.6 Å². The Bertz CT molecular complexity index is 316. The summed E-state index contributed by atoms with van der Waals surface area (Å²) in [6, 6.07) is 0. The number of aromatic nitrogens is 1. The number of hydrogen-bond donors (Lipinski definition) is 0. The molecule has 0 amide bonds.